The van der Waals surface area contributed by atoms with E-state index >= 15 is 0 Å². The number of primary sulfonamides is 1. The minimum atomic E-state index is -3.92. The zero-order valence-corrected chi connectivity index (χ0v) is 12.8. The first-order valence-corrected chi connectivity index (χ1v) is 7.73. The second kappa shape index (κ2) is 6.23. The van der Waals surface area contributed by atoms with Crippen molar-refractivity contribution in [1.82, 2.24) is 0 Å². The third kappa shape index (κ3) is 3.94. The molecule has 1 aromatic rings. The van der Waals surface area contributed by atoms with Gasteiger partial charge in [-0.15, -0.1) is 0 Å². The summed E-state index contributed by atoms with van der Waals surface area (Å²) in [5.74, 6) is -0.0334. The minimum Gasteiger partial charge on any atom is -0.495 e. The first-order valence-electron chi connectivity index (χ1n) is 6.18. The third-order valence-electron chi connectivity index (χ3n) is 3.15. The lowest BCUT2D eigenvalue weighted by atomic mass is 9.97. The number of anilines is 1. The van der Waals surface area contributed by atoms with E-state index in [-0.39, 0.29) is 28.4 Å². The molecular weight excluding hydrogens is 280 g/mol. The van der Waals surface area contributed by atoms with Gasteiger partial charge < -0.3 is 10.1 Å². The lowest BCUT2D eigenvalue weighted by molar-refractivity contribution is -0.120. The topological polar surface area (TPSA) is 98.5 Å². The highest BCUT2D eigenvalue weighted by molar-refractivity contribution is 7.89. The molecule has 0 saturated heterocycles. The number of nitrogens with one attached hydrogen (secondary N) is 1. The highest BCUT2D eigenvalue weighted by atomic mass is 32.2. The first-order chi connectivity index (χ1) is 9.16. The van der Waals surface area contributed by atoms with Gasteiger partial charge in [0.1, 0.15) is 10.6 Å². The summed E-state index contributed by atoms with van der Waals surface area (Å²) in [5, 5.41) is 7.79. The standard InChI is InChI=1S/C13H20N2O4S/c1-8(2)9(3)13(16)15-10-5-6-11(19-4)12(7-10)20(14,17)18/h5-9H,1-4H3,(H,15,16)(H2,14,17,18). The number of amides is 1. The van der Waals surface area contributed by atoms with Crippen LogP contribution in [0.3, 0.4) is 0 Å². The van der Waals surface area contributed by atoms with E-state index in [4.69, 9.17) is 9.88 Å². The molecular formula is C13H20N2O4S. The van der Waals surface area contributed by atoms with Crippen LogP contribution in [0.4, 0.5) is 5.69 Å². The zero-order chi connectivity index (χ0) is 15.5. The number of hydrogen-bond acceptors (Lipinski definition) is 4. The monoisotopic (exact) mass is 300 g/mol. The molecule has 0 aliphatic carbocycles. The van der Waals surface area contributed by atoms with Crippen LogP contribution in [0.25, 0.3) is 0 Å². The van der Waals surface area contributed by atoms with Crippen molar-refractivity contribution in [2.75, 3.05) is 12.4 Å². The molecule has 0 fully saturated rings. The van der Waals surface area contributed by atoms with Gasteiger partial charge in [0, 0.05) is 11.6 Å². The van der Waals surface area contributed by atoms with Crippen LogP contribution in [-0.4, -0.2) is 21.4 Å². The van der Waals surface area contributed by atoms with Crippen molar-refractivity contribution in [2.45, 2.75) is 25.7 Å². The van der Waals surface area contributed by atoms with Gasteiger partial charge in [-0.3, -0.25) is 4.79 Å². The van der Waals surface area contributed by atoms with Gasteiger partial charge in [0.15, 0.2) is 0 Å². The fraction of sp³-hybridized carbons (Fsp3) is 0.462. The highest BCUT2D eigenvalue weighted by Crippen LogP contribution is 2.26. The Labute approximate surface area is 119 Å². The van der Waals surface area contributed by atoms with Crippen LogP contribution in [-0.2, 0) is 14.8 Å². The smallest absolute Gasteiger partial charge is 0.241 e. The number of ether oxygens (including phenoxy) is 1. The number of rotatable bonds is 5. The molecule has 3 N–H and O–H groups in total. The summed E-state index contributed by atoms with van der Waals surface area (Å²) in [6, 6.07) is 4.31. The first kappa shape index (κ1) is 16.5. The molecule has 0 aliphatic heterocycles. The summed E-state index contributed by atoms with van der Waals surface area (Å²) in [6.07, 6.45) is 0. The van der Waals surface area contributed by atoms with Crippen molar-refractivity contribution in [3.05, 3.63) is 18.2 Å². The Morgan fingerprint density at radius 3 is 2.35 bits per heavy atom. The van der Waals surface area contributed by atoms with Gasteiger partial charge in [0.05, 0.1) is 7.11 Å². The summed E-state index contributed by atoms with van der Waals surface area (Å²) >= 11 is 0. The normalized spacial score (nSPS) is 13.1. The minimum absolute atomic E-state index is 0.141. The van der Waals surface area contributed by atoms with Gasteiger partial charge in [-0.2, -0.15) is 0 Å². The molecule has 0 aromatic heterocycles. The number of nitrogens with two attached hydrogens (primary N) is 1. The average molecular weight is 300 g/mol. The predicted molar refractivity (Wildman–Crippen MR) is 77.0 cm³/mol. The summed E-state index contributed by atoms with van der Waals surface area (Å²) in [4.78, 5) is 11.8. The summed E-state index contributed by atoms with van der Waals surface area (Å²) in [7, 11) is -2.57. The van der Waals surface area contributed by atoms with E-state index in [1.807, 2.05) is 20.8 Å². The number of benzene rings is 1. The number of carbonyl (C=O) groups excluding carboxylic acids is 1. The van der Waals surface area contributed by atoms with Crippen LogP contribution in [0.5, 0.6) is 5.75 Å². The van der Waals surface area contributed by atoms with Crippen LogP contribution in [0.15, 0.2) is 23.1 Å². The molecule has 0 heterocycles. The van der Waals surface area contributed by atoms with E-state index in [2.05, 4.69) is 5.32 Å². The Morgan fingerprint density at radius 2 is 1.90 bits per heavy atom. The molecule has 0 saturated carbocycles. The highest BCUT2D eigenvalue weighted by Gasteiger charge is 2.19. The second-order valence-electron chi connectivity index (χ2n) is 4.93. The molecule has 1 unspecified atom stereocenters. The van der Waals surface area contributed by atoms with Crippen LogP contribution in [0.1, 0.15) is 20.8 Å². The molecule has 1 rings (SSSR count). The van der Waals surface area contributed by atoms with Gasteiger partial charge >= 0.3 is 0 Å². The van der Waals surface area contributed by atoms with Crippen LogP contribution in [0, 0.1) is 11.8 Å². The molecule has 6 nitrogen and oxygen atoms in total. The molecule has 7 heteroatoms. The van der Waals surface area contributed by atoms with Gasteiger partial charge in [-0.25, -0.2) is 13.6 Å². The Balaban J connectivity index is 3.08. The molecule has 0 bridgehead atoms. The molecule has 1 amide bonds. The molecule has 1 aromatic carbocycles. The Bertz CT molecular complexity index is 596. The lowest BCUT2D eigenvalue weighted by Gasteiger charge is -2.16. The lowest BCUT2D eigenvalue weighted by Crippen LogP contribution is -2.24. The molecule has 20 heavy (non-hydrogen) atoms. The summed E-state index contributed by atoms with van der Waals surface area (Å²) < 4.78 is 27.9. The van der Waals surface area contributed by atoms with Crippen molar-refractivity contribution >= 4 is 21.6 Å². The molecule has 1 atom stereocenters. The maximum absolute atomic E-state index is 11.9. The predicted octanol–water partition coefficient (Wildman–Crippen LogP) is 1.57. The molecule has 0 aliphatic rings. The van der Waals surface area contributed by atoms with E-state index in [1.165, 1.54) is 19.2 Å². The van der Waals surface area contributed by atoms with E-state index in [9.17, 15) is 13.2 Å². The third-order valence-corrected chi connectivity index (χ3v) is 4.08. The largest absolute Gasteiger partial charge is 0.495 e. The second-order valence-corrected chi connectivity index (χ2v) is 6.46. The summed E-state index contributed by atoms with van der Waals surface area (Å²) in [6.45, 7) is 5.69. The maximum Gasteiger partial charge on any atom is 0.241 e. The molecule has 0 spiro atoms. The number of hydrogen-bond donors (Lipinski definition) is 2. The van der Waals surface area contributed by atoms with Crippen LogP contribution >= 0.6 is 0 Å². The quantitative estimate of drug-likeness (QED) is 0.862. The Kier molecular flexibility index (Phi) is 5.13. The fourth-order valence-corrected chi connectivity index (χ4v) is 2.26. The van der Waals surface area contributed by atoms with E-state index in [0.29, 0.717) is 5.69 Å². The number of methoxy groups -OCH3 is 1. The van der Waals surface area contributed by atoms with Crippen molar-refractivity contribution in [2.24, 2.45) is 17.0 Å². The average Bonchev–Trinajstić information content (AvgIpc) is 2.36. The van der Waals surface area contributed by atoms with E-state index < -0.39 is 10.0 Å². The van der Waals surface area contributed by atoms with E-state index in [0.717, 1.165) is 0 Å². The maximum atomic E-state index is 11.9. The number of carbonyl (C=O) groups is 1. The Morgan fingerprint density at radius 1 is 1.30 bits per heavy atom. The number of sulfonamides is 1. The van der Waals surface area contributed by atoms with Gasteiger partial charge in [0.25, 0.3) is 0 Å². The van der Waals surface area contributed by atoms with Gasteiger partial charge in [-0.05, 0) is 24.1 Å². The van der Waals surface area contributed by atoms with Crippen molar-refractivity contribution < 1.29 is 17.9 Å². The zero-order valence-electron chi connectivity index (χ0n) is 12.0. The fourth-order valence-electron chi connectivity index (χ4n) is 1.54. The summed E-state index contributed by atoms with van der Waals surface area (Å²) in [5.41, 5.74) is 0.368. The van der Waals surface area contributed by atoms with E-state index in [1.54, 1.807) is 6.07 Å². The van der Waals surface area contributed by atoms with Crippen molar-refractivity contribution in [1.29, 1.82) is 0 Å². The van der Waals surface area contributed by atoms with Crippen LogP contribution in [0.2, 0.25) is 0 Å². The van der Waals surface area contributed by atoms with Gasteiger partial charge in [0.2, 0.25) is 15.9 Å². The SMILES string of the molecule is COc1ccc(NC(=O)C(C)C(C)C)cc1S(N)(=O)=O. The van der Waals surface area contributed by atoms with Gasteiger partial charge in [-0.1, -0.05) is 20.8 Å². The van der Waals surface area contributed by atoms with Crippen LogP contribution < -0.4 is 15.2 Å². The van der Waals surface area contributed by atoms with Crippen molar-refractivity contribution in [3.63, 3.8) is 0 Å². The molecule has 112 valence electrons. The van der Waals surface area contributed by atoms with Crippen molar-refractivity contribution in [3.8, 4) is 5.75 Å². The molecule has 0 radical (unpaired) electrons. The Hall–Kier alpha value is -1.60.